The van der Waals surface area contributed by atoms with Gasteiger partial charge in [-0.25, -0.2) is 4.79 Å². The largest absolute Gasteiger partial charge is 0.490 e. The molecule has 1 fully saturated rings. The SMILES string of the molecule is CCOC(=O)COc1ccc(/C=C2\SC(=O)N(CC(=O)Nc3ccc4c(c3)OCO4)C2=O)cc1OCC. The van der Waals surface area contributed by atoms with Crippen molar-refractivity contribution in [2.24, 2.45) is 0 Å². The van der Waals surface area contributed by atoms with Crippen molar-refractivity contribution in [1.29, 1.82) is 0 Å². The molecule has 2 aliphatic rings. The number of carbonyl (C=O) groups is 4. The maximum absolute atomic E-state index is 12.9. The van der Waals surface area contributed by atoms with Gasteiger partial charge in [-0.15, -0.1) is 0 Å². The molecular formula is C25H24N2O9S. The fourth-order valence-corrected chi connectivity index (χ4v) is 4.29. The van der Waals surface area contributed by atoms with E-state index in [0.29, 0.717) is 40.9 Å². The molecule has 37 heavy (non-hydrogen) atoms. The molecular weight excluding hydrogens is 504 g/mol. The van der Waals surface area contributed by atoms with E-state index in [1.165, 1.54) is 6.08 Å². The summed E-state index contributed by atoms with van der Waals surface area (Å²) in [4.78, 5) is 50.5. The Hall–Kier alpha value is -4.19. The first-order chi connectivity index (χ1) is 17.9. The smallest absolute Gasteiger partial charge is 0.344 e. The average molecular weight is 529 g/mol. The van der Waals surface area contributed by atoms with Crippen LogP contribution in [0.3, 0.4) is 0 Å². The van der Waals surface area contributed by atoms with E-state index in [4.69, 9.17) is 23.7 Å². The summed E-state index contributed by atoms with van der Waals surface area (Å²) in [6.45, 7) is 3.46. The van der Waals surface area contributed by atoms with Gasteiger partial charge in [0.15, 0.2) is 29.6 Å². The van der Waals surface area contributed by atoms with Crippen molar-refractivity contribution in [2.75, 3.05) is 38.5 Å². The second-order valence-corrected chi connectivity index (χ2v) is 8.61. The molecule has 0 bridgehead atoms. The van der Waals surface area contributed by atoms with Crippen LogP contribution >= 0.6 is 11.8 Å². The van der Waals surface area contributed by atoms with Crippen LogP contribution in [-0.2, 0) is 19.1 Å². The Labute approximate surface area is 216 Å². The summed E-state index contributed by atoms with van der Waals surface area (Å²) in [6, 6.07) is 9.77. The number of hydrogen-bond donors (Lipinski definition) is 1. The fourth-order valence-electron chi connectivity index (χ4n) is 3.45. The Kier molecular flexibility index (Phi) is 8.18. The van der Waals surface area contributed by atoms with Crippen molar-refractivity contribution in [3.05, 3.63) is 46.9 Å². The number of fused-ring (bicyclic) bond motifs is 1. The zero-order valence-electron chi connectivity index (χ0n) is 20.1. The first kappa shape index (κ1) is 25.9. The van der Waals surface area contributed by atoms with Crippen LogP contribution in [0.15, 0.2) is 41.3 Å². The van der Waals surface area contributed by atoms with E-state index >= 15 is 0 Å². The molecule has 12 heteroatoms. The predicted molar refractivity (Wildman–Crippen MR) is 134 cm³/mol. The predicted octanol–water partition coefficient (Wildman–Crippen LogP) is 3.43. The number of hydrogen-bond acceptors (Lipinski definition) is 10. The van der Waals surface area contributed by atoms with Crippen LogP contribution in [0, 0.1) is 0 Å². The van der Waals surface area contributed by atoms with Crippen molar-refractivity contribution in [3.63, 3.8) is 0 Å². The van der Waals surface area contributed by atoms with E-state index in [0.717, 1.165) is 16.7 Å². The summed E-state index contributed by atoms with van der Waals surface area (Å²) in [5.41, 5.74) is 1.02. The summed E-state index contributed by atoms with van der Waals surface area (Å²) in [5.74, 6) is 0.130. The molecule has 0 aliphatic carbocycles. The van der Waals surface area contributed by atoms with Crippen LogP contribution in [0.25, 0.3) is 6.08 Å². The maximum atomic E-state index is 12.9. The summed E-state index contributed by atoms with van der Waals surface area (Å²) < 4.78 is 26.5. The van der Waals surface area contributed by atoms with Gasteiger partial charge < -0.3 is 29.0 Å². The van der Waals surface area contributed by atoms with Gasteiger partial charge in [-0.05, 0) is 61.5 Å². The monoisotopic (exact) mass is 528 g/mol. The van der Waals surface area contributed by atoms with Crippen molar-refractivity contribution in [1.82, 2.24) is 4.90 Å². The van der Waals surface area contributed by atoms with Gasteiger partial charge in [0.2, 0.25) is 12.7 Å². The first-order valence-electron chi connectivity index (χ1n) is 11.4. The topological polar surface area (TPSA) is 130 Å². The standard InChI is InChI=1S/C25H24N2O9S/c1-3-32-19-9-15(5-7-17(19)34-13-23(29)33-4-2)10-21-24(30)27(25(31)37-21)12-22(28)26-16-6-8-18-20(11-16)36-14-35-18/h5-11H,3-4,12-14H2,1-2H3,(H,26,28)/b21-10-. The third-order valence-electron chi connectivity index (χ3n) is 5.05. The number of carbonyl (C=O) groups excluding carboxylic acids is 4. The Morgan fingerprint density at radius 3 is 2.62 bits per heavy atom. The van der Waals surface area contributed by atoms with E-state index in [-0.39, 0.29) is 24.9 Å². The molecule has 2 heterocycles. The van der Waals surface area contributed by atoms with E-state index in [1.54, 1.807) is 50.2 Å². The van der Waals surface area contributed by atoms with Crippen molar-refractivity contribution < 1.29 is 42.9 Å². The summed E-state index contributed by atoms with van der Waals surface area (Å²) in [7, 11) is 0. The number of imide groups is 1. The molecule has 0 saturated carbocycles. The number of benzene rings is 2. The lowest BCUT2D eigenvalue weighted by molar-refractivity contribution is -0.145. The van der Waals surface area contributed by atoms with Crippen LogP contribution in [0.1, 0.15) is 19.4 Å². The van der Waals surface area contributed by atoms with Gasteiger partial charge in [-0.2, -0.15) is 0 Å². The molecule has 4 rings (SSSR count). The van der Waals surface area contributed by atoms with Crippen LogP contribution in [0.4, 0.5) is 10.5 Å². The van der Waals surface area contributed by atoms with Gasteiger partial charge >= 0.3 is 5.97 Å². The molecule has 0 radical (unpaired) electrons. The zero-order chi connectivity index (χ0) is 26.4. The molecule has 11 nitrogen and oxygen atoms in total. The minimum Gasteiger partial charge on any atom is -0.490 e. The molecule has 0 aromatic heterocycles. The summed E-state index contributed by atoms with van der Waals surface area (Å²) >= 11 is 0.733. The molecule has 1 N–H and O–H groups in total. The van der Waals surface area contributed by atoms with Crippen molar-refractivity contribution in [2.45, 2.75) is 13.8 Å². The molecule has 1 saturated heterocycles. The van der Waals surface area contributed by atoms with Gasteiger partial charge in [0.05, 0.1) is 18.1 Å². The lowest BCUT2D eigenvalue weighted by atomic mass is 10.2. The minimum absolute atomic E-state index is 0.102. The van der Waals surface area contributed by atoms with Gasteiger partial charge in [-0.1, -0.05) is 6.07 Å². The number of amides is 3. The zero-order valence-corrected chi connectivity index (χ0v) is 20.9. The lowest BCUT2D eigenvalue weighted by Gasteiger charge is -2.13. The van der Waals surface area contributed by atoms with Gasteiger partial charge in [0, 0.05) is 11.8 Å². The summed E-state index contributed by atoms with van der Waals surface area (Å²) in [6.07, 6.45) is 1.53. The quantitative estimate of drug-likeness (QED) is 0.362. The second kappa shape index (κ2) is 11.7. The number of ether oxygens (including phenoxy) is 5. The van der Waals surface area contributed by atoms with Crippen LogP contribution in [-0.4, -0.2) is 61.1 Å². The third-order valence-corrected chi connectivity index (χ3v) is 5.96. The molecule has 2 aromatic carbocycles. The Balaban J connectivity index is 1.42. The molecule has 0 unspecified atom stereocenters. The highest BCUT2D eigenvalue weighted by atomic mass is 32.2. The highest BCUT2D eigenvalue weighted by Crippen LogP contribution is 2.36. The molecule has 2 aliphatic heterocycles. The first-order valence-corrected chi connectivity index (χ1v) is 12.2. The molecule has 2 aromatic rings. The number of anilines is 1. The highest BCUT2D eigenvalue weighted by molar-refractivity contribution is 8.18. The van der Waals surface area contributed by atoms with E-state index in [2.05, 4.69) is 5.32 Å². The molecule has 194 valence electrons. The highest BCUT2D eigenvalue weighted by Gasteiger charge is 2.36. The fraction of sp³-hybridized carbons (Fsp3) is 0.280. The third kappa shape index (κ3) is 6.33. The number of nitrogens with one attached hydrogen (secondary N) is 1. The van der Waals surface area contributed by atoms with Crippen LogP contribution in [0.5, 0.6) is 23.0 Å². The van der Waals surface area contributed by atoms with Crippen LogP contribution < -0.4 is 24.3 Å². The number of esters is 1. The lowest BCUT2D eigenvalue weighted by Crippen LogP contribution is -2.36. The summed E-state index contributed by atoms with van der Waals surface area (Å²) in [5, 5.41) is 2.09. The Bertz CT molecular complexity index is 1260. The second-order valence-electron chi connectivity index (χ2n) is 7.62. The van der Waals surface area contributed by atoms with Gasteiger partial charge in [0.25, 0.3) is 11.1 Å². The van der Waals surface area contributed by atoms with Gasteiger partial charge in [-0.3, -0.25) is 19.3 Å². The maximum Gasteiger partial charge on any atom is 0.344 e. The van der Waals surface area contributed by atoms with E-state index in [9.17, 15) is 19.2 Å². The van der Waals surface area contributed by atoms with Crippen molar-refractivity contribution in [3.8, 4) is 23.0 Å². The van der Waals surface area contributed by atoms with E-state index in [1.807, 2.05) is 0 Å². The molecule has 3 amide bonds. The minimum atomic E-state index is -0.587. The number of nitrogens with zero attached hydrogens (tertiary/aromatic N) is 1. The average Bonchev–Trinajstić information content (AvgIpc) is 3.43. The van der Waals surface area contributed by atoms with Crippen LogP contribution in [0.2, 0.25) is 0 Å². The number of rotatable bonds is 10. The molecule has 0 spiro atoms. The Morgan fingerprint density at radius 2 is 1.84 bits per heavy atom. The molecule has 0 atom stereocenters. The van der Waals surface area contributed by atoms with Gasteiger partial charge in [0.1, 0.15) is 6.54 Å². The Morgan fingerprint density at radius 1 is 1.03 bits per heavy atom. The van der Waals surface area contributed by atoms with E-state index < -0.39 is 29.6 Å². The van der Waals surface area contributed by atoms with Crippen molar-refractivity contribution >= 4 is 46.5 Å². The number of thioether (sulfide) groups is 1. The normalized spacial score (nSPS) is 15.2.